The molecule has 0 saturated heterocycles. The molecule has 6 heteroatoms. The van der Waals surface area contributed by atoms with E-state index in [1.54, 1.807) is 0 Å². The highest BCUT2D eigenvalue weighted by atomic mass is 32.2. The van der Waals surface area contributed by atoms with Crippen LogP contribution in [0.15, 0.2) is 0 Å². The summed E-state index contributed by atoms with van der Waals surface area (Å²) in [6.07, 6.45) is 1.59. The van der Waals surface area contributed by atoms with E-state index in [4.69, 9.17) is 5.11 Å². The Balaban J connectivity index is 2.54. The third-order valence-electron chi connectivity index (χ3n) is 2.52. The van der Waals surface area contributed by atoms with Crippen molar-refractivity contribution < 1.29 is 18.3 Å². The quantitative estimate of drug-likeness (QED) is 0.709. The minimum atomic E-state index is -3.69. The van der Waals surface area contributed by atoms with Crippen molar-refractivity contribution in [2.24, 2.45) is 5.92 Å². The van der Waals surface area contributed by atoms with Crippen LogP contribution in [0.1, 0.15) is 26.7 Å². The Kier molecular flexibility index (Phi) is 3.16. The van der Waals surface area contributed by atoms with Crippen molar-refractivity contribution in [3.63, 3.8) is 0 Å². The molecular weight excluding hydrogens is 206 g/mol. The zero-order chi connectivity index (χ0) is 10.9. The van der Waals surface area contributed by atoms with Crippen molar-refractivity contribution in [2.75, 3.05) is 0 Å². The molecule has 1 aliphatic rings. The van der Waals surface area contributed by atoms with E-state index in [9.17, 15) is 13.2 Å². The Hall–Kier alpha value is -0.620. The highest BCUT2D eigenvalue weighted by Gasteiger charge is 2.34. The number of rotatable bonds is 4. The normalized spacial score (nSPS) is 29.3. The summed E-state index contributed by atoms with van der Waals surface area (Å²) in [7, 11) is -3.69. The molecule has 0 spiro atoms. The van der Waals surface area contributed by atoms with Gasteiger partial charge in [0.2, 0.25) is 10.0 Å². The standard InChI is InChI=1S/C8H15NO4S/c1-5-3-7(4-5)9-14(12,13)6(2)8(10)11/h5-7,9H,3-4H2,1-2H3,(H,10,11). The Morgan fingerprint density at radius 1 is 1.50 bits per heavy atom. The fraction of sp³-hybridized carbons (Fsp3) is 0.875. The molecule has 14 heavy (non-hydrogen) atoms. The fourth-order valence-electron chi connectivity index (χ4n) is 1.47. The van der Waals surface area contributed by atoms with E-state index in [0.717, 1.165) is 12.8 Å². The predicted molar refractivity (Wildman–Crippen MR) is 51.3 cm³/mol. The van der Waals surface area contributed by atoms with Gasteiger partial charge in [0.05, 0.1) is 0 Å². The summed E-state index contributed by atoms with van der Waals surface area (Å²) in [5.41, 5.74) is 0. The van der Waals surface area contributed by atoms with Crippen LogP contribution in [0, 0.1) is 5.92 Å². The molecule has 82 valence electrons. The van der Waals surface area contributed by atoms with Crippen LogP contribution in [0.3, 0.4) is 0 Å². The first-order valence-electron chi connectivity index (χ1n) is 4.57. The number of carboxylic acid groups (broad SMARTS) is 1. The molecule has 1 rings (SSSR count). The van der Waals surface area contributed by atoms with E-state index in [0.29, 0.717) is 5.92 Å². The van der Waals surface area contributed by atoms with Gasteiger partial charge in [0.25, 0.3) is 0 Å². The molecule has 1 unspecified atom stereocenters. The van der Waals surface area contributed by atoms with E-state index >= 15 is 0 Å². The van der Waals surface area contributed by atoms with Crippen molar-refractivity contribution in [1.29, 1.82) is 0 Å². The highest BCUT2D eigenvalue weighted by molar-refractivity contribution is 7.90. The van der Waals surface area contributed by atoms with Gasteiger partial charge in [0.1, 0.15) is 0 Å². The number of hydrogen-bond acceptors (Lipinski definition) is 3. The van der Waals surface area contributed by atoms with Gasteiger partial charge in [-0.05, 0) is 25.7 Å². The Labute approximate surface area is 83.6 Å². The van der Waals surface area contributed by atoms with Crippen molar-refractivity contribution in [3.05, 3.63) is 0 Å². The number of sulfonamides is 1. The lowest BCUT2D eigenvalue weighted by atomic mass is 9.83. The lowest BCUT2D eigenvalue weighted by molar-refractivity contribution is -0.136. The first-order chi connectivity index (χ1) is 6.33. The Morgan fingerprint density at radius 2 is 2.00 bits per heavy atom. The van der Waals surface area contributed by atoms with Crippen LogP contribution in [0.2, 0.25) is 0 Å². The van der Waals surface area contributed by atoms with Gasteiger partial charge in [-0.25, -0.2) is 13.1 Å². The first-order valence-corrected chi connectivity index (χ1v) is 6.11. The number of hydrogen-bond donors (Lipinski definition) is 2. The maximum atomic E-state index is 11.4. The summed E-state index contributed by atoms with van der Waals surface area (Å²) in [4.78, 5) is 10.5. The van der Waals surface area contributed by atoms with Crippen molar-refractivity contribution in [2.45, 2.75) is 38.0 Å². The Bertz CT molecular complexity index is 318. The second kappa shape index (κ2) is 3.86. The third-order valence-corrected chi connectivity index (χ3v) is 4.31. The zero-order valence-corrected chi connectivity index (χ0v) is 9.04. The van der Waals surface area contributed by atoms with Crippen LogP contribution in [-0.2, 0) is 14.8 Å². The zero-order valence-electron chi connectivity index (χ0n) is 8.23. The van der Waals surface area contributed by atoms with Gasteiger partial charge in [0.15, 0.2) is 5.25 Å². The molecule has 0 heterocycles. The number of nitrogens with one attached hydrogen (secondary N) is 1. The largest absolute Gasteiger partial charge is 0.480 e. The lowest BCUT2D eigenvalue weighted by Gasteiger charge is -2.33. The molecule has 5 nitrogen and oxygen atoms in total. The first kappa shape index (κ1) is 11.5. The SMILES string of the molecule is CC1CC(NS(=O)(=O)C(C)C(=O)O)C1. The molecule has 0 aromatic rings. The molecule has 0 aromatic carbocycles. The average Bonchev–Trinajstić information content (AvgIpc) is 1.99. The summed E-state index contributed by atoms with van der Waals surface area (Å²) >= 11 is 0. The maximum absolute atomic E-state index is 11.4. The van der Waals surface area contributed by atoms with E-state index in [2.05, 4.69) is 4.72 Å². The molecule has 1 aliphatic carbocycles. The molecule has 1 saturated carbocycles. The van der Waals surface area contributed by atoms with Crippen LogP contribution in [-0.4, -0.2) is 30.8 Å². The monoisotopic (exact) mass is 221 g/mol. The van der Waals surface area contributed by atoms with Gasteiger partial charge in [-0.1, -0.05) is 6.92 Å². The van der Waals surface area contributed by atoms with E-state index in [-0.39, 0.29) is 6.04 Å². The minimum absolute atomic E-state index is 0.0724. The summed E-state index contributed by atoms with van der Waals surface area (Å²) in [6.45, 7) is 3.21. The molecule has 1 fully saturated rings. The number of aliphatic carboxylic acids is 1. The van der Waals surface area contributed by atoms with Gasteiger partial charge in [-0.2, -0.15) is 0 Å². The van der Waals surface area contributed by atoms with Gasteiger partial charge >= 0.3 is 5.97 Å². The van der Waals surface area contributed by atoms with Crippen LogP contribution in [0.25, 0.3) is 0 Å². The topological polar surface area (TPSA) is 83.5 Å². The molecule has 0 bridgehead atoms. The van der Waals surface area contributed by atoms with E-state index in [1.807, 2.05) is 6.92 Å². The molecule has 2 N–H and O–H groups in total. The minimum Gasteiger partial charge on any atom is -0.480 e. The molecule has 1 atom stereocenters. The summed E-state index contributed by atoms with van der Waals surface area (Å²) < 4.78 is 25.2. The fourth-order valence-corrected chi connectivity index (χ4v) is 2.59. The third kappa shape index (κ3) is 2.45. The van der Waals surface area contributed by atoms with Crippen LogP contribution >= 0.6 is 0 Å². The Morgan fingerprint density at radius 3 is 2.36 bits per heavy atom. The second-order valence-corrected chi connectivity index (χ2v) is 5.95. The van der Waals surface area contributed by atoms with Crippen LogP contribution in [0.5, 0.6) is 0 Å². The van der Waals surface area contributed by atoms with Crippen LogP contribution in [0.4, 0.5) is 0 Å². The summed E-state index contributed by atoms with van der Waals surface area (Å²) in [5.74, 6) is -0.785. The van der Waals surface area contributed by atoms with Gasteiger partial charge < -0.3 is 5.11 Å². The molecule has 0 radical (unpaired) electrons. The van der Waals surface area contributed by atoms with E-state index in [1.165, 1.54) is 6.92 Å². The van der Waals surface area contributed by atoms with Gasteiger partial charge in [-0.15, -0.1) is 0 Å². The van der Waals surface area contributed by atoms with Crippen molar-refractivity contribution in [3.8, 4) is 0 Å². The van der Waals surface area contributed by atoms with Gasteiger partial charge in [0, 0.05) is 6.04 Å². The lowest BCUT2D eigenvalue weighted by Crippen LogP contribution is -2.48. The summed E-state index contributed by atoms with van der Waals surface area (Å²) in [6, 6.07) is -0.0724. The smallest absolute Gasteiger partial charge is 0.323 e. The second-order valence-electron chi connectivity index (χ2n) is 3.92. The predicted octanol–water partition coefficient (Wildman–Crippen LogP) is 0.177. The van der Waals surface area contributed by atoms with Crippen LogP contribution < -0.4 is 4.72 Å². The van der Waals surface area contributed by atoms with E-state index < -0.39 is 21.2 Å². The molecular formula is C8H15NO4S. The number of carbonyl (C=O) groups is 1. The van der Waals surface area contributed by atoms with Crippen molar-refractivity contribution in [1.82, 2.24) is 4.72 Å². The average molecular weight is 221 g/mol. The van der Waals surface area contributed by atoms with Gasteiger partial charge in [-0.3, -0.25) is 4.79 Å². The highest BCUT2D eigenvalue weighted by Crippen LogP contribution is 2.27. The summed E-state index contributed by atoms with van der Waals surface area (Å²) in [5, 5.41) is 7.18. The number of carboxylic acids is 1. The van der Waals surface area contributed by atoms with Crippen molar-refractivity contribution >= 4 is 16.0 Å². The molecule has 0 aromatic heterocycles. The molecule has 0 aliphatic heterocycles. The maximum Gasteiger partial charge on any atom is 0.323 e. The molecule has 0 amide bonds.